The molecule has 1 aliphatic carbocycles. The number of rotatable bonds is 6. The molecule has 2 unspecified atom stereocenters. The third-order valence-corrected chi connectivity index (χ3v) is 8.19. The number of likely N-dealkylation sites (N-methyl/N-ethyl adjacent to an activating group) is 1. The quantitative estimate of drug-likeness (QED) is 0.684. The van der Waals surface area contributed by atoms with Gasteiger partial charge >= 0.3 is 0 Å². The van der Waals surface area contributed by atoms with Crippen molar-refractivity contribution in [3.63, 3.8) is 0 Å². The van der Waals surface area contributed by atoms with Crippen LogP contribution in [0.2, 0.25) is 0 Å². The normalized spacial score (nSPS) is 25.8. The van der Waals surface area contributed by atoms with Gasteiger partial charge in [0.25, 0.3) is 0 Å². The van der Waals surface area contributed by atoms with Gasteiger partial charge in [-0.15, -0.1) is 0 Å². The summed E-state index contributed by atoms with van der Waals surface area (Å²) in [6.45, 7) is 3.62. The van der Waals surface area contributed by atoms with Crippen molar-refractivity contribution in [2.45, 2.75) is 75.7 Å². The summed E-state index contributed by atoms with van der Waals surface area (Å²) in [4.78, 5) is 5.03. The molecule has 1 saturated carbocycles. The fourth-order valence-corrected chi connectivity index (χ4v) is 6.26. The average Bonchev–Trinajstić information content (AvgIpc) is 3.01. The molecule has 2 saturated heterocycles. The predicted molar refractivity (Wildman–Crippen MR) is 126 cm³/mol. The van der Waals surface area contributed by atoms with Gasteiger partial charge in [0.1, 0.15) is 11.6 Å². The van der Waals surface area contributed by atoms with Gasteiger partial charge in [-0.2, -0.15) is 0 Å². The second-order valence-corrected chi connectivity index (χ2v) is 10.2. The van der Waals surface area contributed by atoms with Crippen LogP contribution in [-0.2, 0) is 18.6 Å². The Labute approximate surface area is 191 Å². The van der Waals surface area contributed by atoms with Gasteiger partial charge in [-0.3, -0.25) is 9.80 Å². The predicted octanol–water partition coefficient (Wildman–Crippen LogP) is 4.76. The van der Waals surface area contributed by atoms with Crippen LogP contribution in [0.25, 0.3) is 0 Å². The van der Waals surface area contributed by atoms with Crippen molar-refractivity contribution in [3.05, 3.63) is 65.0 Å². The Morgan fingerprint density at radius 2 is 1.75 bits per heavy atom. The second-order valence-electron chi connectivity index (χ2n) is 10.2. The minimum atomic E-state index is -0.307. The largest absolute Gasteiger partial charge is 0.508 e. The maximum atomic E-state index is 14.7. The Kier molecular flexibility index (Phi) is 6.24. The number of piperazine rings is 1. The first-order chi connectivity index (χ1) is 15.5. The molecule has 0 amide bonds. The summed E-state index contributed by atoms with van der Waals surface area (Å²) in [7, 11) is 2.25. The van der Waals surface area contributed by atoms with Crippen LogP contribution in [-0.4, -0.2) is 47.1 Å². The fraction of sp³-hybridized carbons (Fsp3) is 0.556. The van der Waals surface area contributed by atoms with E-state index in [0.29, 0.717) is 24.4 Å². The molecule has 2 aromatic rings. The third kappa shape index (κ3) is 4.30. The molecule has 0 radical (unpaired) electrons. The first-order valence-corrected chi connectivity index (χ1v) is 12.3. The van der Waals surface area contributed by atoms with E-state index in [4.69, 9.17) is 0 Å². The number of hydrogen-bond donors (Lipinski definition) is 2. The molecule has 2 heterocycles. The molecule has 32 heavy (non-hydrogen) atoms. The Morgan fingerprint density at radius 3 is 2.47 bits per heavy atom. The molecule has 2 atom stereocenters. The standard InChI is InChI=1S/C27H36FN3O/c1-30-22-10-11-23(30)19-31(18-22)17-21-15-20(9-12-26(21)32)16-29-27(13-5-2-6-14-27)24-7-3-4-8-25(24)28/h3-4,7-9,12,15,22-23,29,32H,2,5-6,10-11,13-14,16-19H2,1H3. The second kappa shape index (κ2) is 9.12. The van der Waals surface area contributed by atoms with Crippen molar-refractivity contribution >= 4 is 0 Å². The lowest BCUT2D eigenvalue weighted by Crippen LogP contribution is -2.51. The molecule has 5 heteroatoms. The van der Waals surface area contributed by atoms with Crippen molar-refractivity contribution in [1.29, 1.82) is 0 Å². The van der Waals surface area contributed by atoms with Gasteiger partial charge in [0.05, 0.1) is 0 Å². The molecule has 2 N–H and O–H groups in total. The van der Waals surface area contributed by atoms with Crippen molar-refractivity contribution < 1.29 is 9.50 Å². The zero-order chi connectivity index (χ0) is 22.1. The Balaban J connectivity index is 1.30. The van der Waals surface area contributed by atoms with E-state index < -0.39 is 0 Å². The molecule has 172 valence electrons. The molecule has 5 rings (SSSR count). The molecular weight excluding hydrogens is 401 g/mol. The fourth-order valence-electron chi connectivity index (χ4n) is 6.26. The molecule has 0 aromatic heterocycles. The van der Waals surface area contributed by atoms with Crippen LogP contribution in [0.5, 0.6) is 5.75 Å². The Hall–Kier alpha value is -1.95. The number of aromatic hydroxyl groups is 1. The lowest BCUT2D eigenvalue weighted by molar-refractivity contribution is 0.0832. The summed E-state index contributed by atoms with van der Waals surface area (Å²) in [5.74, 6) is 0.263. The average molecular weight is 438 g/mol. The van der Waals surface area contributed by atoms with Crippen molar-refractivity contribution in [3.8, 4) is 5.75 Å². The number of fused-ring (bicyclic) bond motifs is 2. The van der Waals surface area contributed by atoms with E-state index in [1.54, 1.807) is 12.1 Å². The summed E-state index contributed by atoms with van der Waals surface area (Å²) in [5, 5.41) is 14.3. The number of halogens is 1. The summed E-state index contributed by atoms with van der Waals surface area (Å²) < 4.78 is 14.7. The number of hydrogen-bond acceptors (Lipinski definition) is 4. The zero-order valence-electron chi connectivity index (χ0n) is 19.2. The Morgan fingerprint density at radius 1 is 1.03 bits per heavy atom. The molecular formula is C27H36FN3O. The van der Waals surface area contributed by atoms with E-state index in [1.165, 1.54) is 19.3 Å². The molecule has 2 aromatic carbocycles. The summed E-state index contributed by atoms with van der Waals surface area (Å²) >= 11 is 0. The topological polar surface area (TPSA) is 38.7 Å². The van der Waals surface area contributed by atoms with Crippen LogP contribution < -0.4 is 5.32 Å². The van der Waals surface area contributed by atoms with E-state index in [1.807, 2.05) is 24.3 Å². The minimum absolute atomic E-state index is 0.113. The SMILES string of the molecule is CN1C2CCC1CN(Cc1cc(CNC3(c4ccccc4F)CCCCC3)ccc1O)C2. The highest BCUT2D eigenvalue weighted by molar-refractivity contribution is 5.37. The summed E-state index contributed by atoms with van der Waals surface area (Å²) in [6, 6.07) is 14.5. The Bertz CT molecular complexity index is 928. The lowest BCUT2D eigenvalue weighted by Gasteiger charge is -2.39. The van der Waals surface area contributed by atoms with E-state index >= 15 is 0 Å². The van der Waals surface area contributed by atoms with Crippen LogP contribution in [0.3, 0.4) is 0 Å². The molecule has 3 fully saturated rings. The van der Waals surface area contributed by atoms with Gasteiger partial charge in [-0.05, 0) is 56.5 Å². The van der Waals surface area contributed by atoms with E-state index in [2.05, 4.69) is 28.2 Å². The van der Waals surface area contributed by atoms with Gasteiger partial charge in [0.2, 0.25) is 0 Å². The molecule has 3 aliphatic rings. The monoisotopic (exact) mass is 437 g/mol. The molecule has 0 spiro atoms. The highest BCUT2D eigenvalue weighted by atomic mass is 19.1. The van der Waals surface area contributed by atoms with Gasteiger partial charge in [0, 0.05) is 54.9 Å². The highest BCUT2D eigenvalue weighted by Gasteiger charge is 2.38. The highest BCUT2D eigenvalue weighted by Crippen LogP contribution is 2.39. The van der Waals surface area contributed by atoms with Crippen LogP contribution in [0, 0.1) is 5.82 Å². The first kappa shape index (κ1) is 21.9. The first-order valence-electron chi connectivity index (χ1n) is 12.3. The van der Waals surface area contributed by atoms with Gasteiger partial charge in [-0.1, -0.05) is 43.5 Å². The number of nitrogens with one attached hydrogen (secondary N) is 1. The van der Waals surface area contributed by atoms with Gasteiger partial charge in [0.15, 0.2) is 0 Å². The molecule has 2 aliphatic heterocycles. The minimum Gasteiger partial charge on any atom is -0.508 e. The maximum absolute atomic E-state index is 14.7. The third-order valence-electron chi connectivity index (χ3n) is 8.19. The van der Waals surface area contributed by atoms with E-state index in [9.17, 15) is 9.50 Å². The molecule has 4 nitrogen and oxygen atoms in total. The maximum Gasteiger partial charge on any atom is 0.128 e. The van der Waals surface area contributed by atoms with Gasteiger partial charge < -0.3 is 10.4 Å². The molecule has 2 bridgehead atoms. The van der Waals surface area contributed by atoms with Crippen molar-refractivity contribution in [1.82, 2.24) is 15.1 Å². The summed E-state index contributed by atoms with van der Waals surface area (Å²) in [5.41, 5.74) is 2.64. The van der Waals surface area contributed by atoms with Crippen LogP contribution in [0.1, 0.15) is 61.6 Å². The van der Waals surface area contributed by atoms with Crippen LogP contribution in [0.4, 0.5) is 4.39 Å². The smallest absolute Gasteiger partial charge is 0.128 e. The van der Waals surface area contributed by atoms with Crippen LogP contribution >= 0.6 is 0 Å². The summed E-state index contributed by atoms with van der Waals surface area (Å²) in [6.07, 6.45) is 7.94. The van der Waals surface area contributed by atoms with E-state index in [-0.39, 0.29) is 11.4 Å². The zero-order valence-corrected chi connectivity index (χ0v) is 19.2. The van der Waals surface area contributed by atoms with Crippen molar-refractivity contribution in [2.24, 2.45) is 0 Å². The van der Waals surface area contributed by atoms with Gasteiger partial charge in [-0.25, -0.2) is 4.39 Å². The van der Waals surface area contributed by atoms with Crippen LogP contribution in [0.15, 0.2) is 42.5 Å². The number of nitrogens with zero attached hydrogens (tertiary/aromatic N) is 2. The number of phenols is 1. The van der Waals surface area contributed by atoms with E-state index in [0.717, 1.165) is 62.0 Å². The lowest BCUT2D eigenvalue weighted by atomic mass is 9.76. The van der Waals surface area contributed by atoms with Crippen molar-refractivity contribution in [2.75, 3.05) is 20.1 Å². The number of phenolic OH excluding ortho intramolecular Hbond substituents is 1. The number of likely N-dealkylation sites (tertiary alicyclic amines) is 1. The number of benzene rings is 2.